The first-order valence-electron chi connectivity index (χ1n) is 6.39. The molecule has 1 saturated heterocycles. The van der Waals surface area contributed by atoms with Gasteiger partial charge < -0.3 is 10.2 Å². The number of nitrogens with zero attached hydrogens (tertiary/aromatic N) is 1. The molecule has 0 aliphatic carbocycles. The molecule has 1 fully saturated rings. The molecule has 0 radical (unpaired) electrons. The van der Waals surface area contributed by atoms with Gasteiger partial charge in [0.25, 0.3) is 0 Å². The summed E-state index contributed by atoms with van der Waals surface area (Å²) in [6, 6.07) is 10.5. The highest BCUT2D eigenvalue weighted by molar-refractivity contribution is 5.78. The van der Waals surface area contributed by atoms with Gasteiger partial charge in [-0.25, -0.2) is 0 Å². The SMILES string of the molecule is O=C1CNCCCN1CCCc1ccccc1. The van der Waals surface area contributed by atoms with Crippen molar-refractivity contribution in [3.05, 3.63) is 35.9 Å². The summed E-state index contributed by atoms with van der Waals surface area (Å²) < 4.78 is 0. The lowest BCUT2D eigenvalue weighted by molar-refractivity contribution is -0.129. The lowest BCUT2D eigenvalue weighted by Gasteiger charge is -2.19. The van der Waals surface area contributed by atoms with Crippen molar-refractivity contribution in [2.45, 2.75) is 19.3 Å². The van der Waals surface area contributed by atoms with Crippen molar-refractivity contribution >= 4 is 5.91 Å². The summed E-state index contributed by atoms with van der Waals surface area (Å²) in [7, 11) is 0. The molecule has 0 atom stereocenters. The summed E-state index contributed by atoms with van der Waals surface area (Å²) >= 11 is 0. The summed E-state index contributed by atoms with van der Waals surface area (Å²) in [5.41, 5.74) is 1.35. The third-order valence-electron chi connectivity index (χ3n) is 3.15. The minimum atomic E-state index is 0.246. The highest BCUT2D eigenvalue weighted by atomic mass is 16.2. The maximum Gasteiger partial charge on any atom is 0.236 e. The minimum Gasteiger partial charge on any atom is -0.342 e. The Balaban J connectivity index is 1.75. The second kappa shape index (κ2) is 6.40. The van der Waals surface area contributed by atoms with Crippen LogP contribution >= 0.6 is 0 Å². The Morgan fingerprint density at radius 3 is 2.88 bits per heavy atom. The van der Waals surface area contributed by atoms with Gasteiger partial charge in [-0.05, 0) is 31.4 Å². The normalized spacial score (nSPS) is 16.9. The van der Waals surface area contributed by atoms with Crippen LogP contribution in [0, 0.1) is 0 Å². The largest absolute Gasteiger partial charge is 0.342 e. The van der Waals surface area contributed by atoms with E-state index < -0.39 is 0 Å². The fourth-order valence-electron chi connectivity index (χ4n) is 2.18. The molecule has 1 aliphatic rings. The van der Waals surface area contributed by atoms with Gasteiger partial charge >= 0.3 is 0 Å². The van der Waals surface area contributed by atoms with Crippen molar-refractivity contribution in [1.82, 2.24) is 10.2 Å². The fraction of sp³-hybridized carbons (Fsp3) is 0.500. The van der Waals surface area contributed by atoms with Gasteiger partial charge in [-0.1, -0.05) is 30.3 Å². The average molecular weight is 232 g/mol. The maximum absolute atomic E-state index is 11.7. The molecule has 0 unspecified atom stereocenters. The van der Waals surface area contributed by atoms with E-state index in [1.165, 1.54) is 5.56 Å². The molecule has 2 rings (SSSR count). The molecule has 92 valence electrons. The van der Waals surface area contributed by atoms with Crippen LogP contribution in [0.5, 0.6) is 0 Å². The summed E-state index contributed by atoms with van der Waals surface area (Å²) in [6.07, 6.45) is 3.17. The van der Waals surface area contributed by atoms with E-state index in [0.717, 1.165) is 38.9 Å². The molecule has 0 spiro atoms. The fourth-order valence-corrected chi connectivity index (χ4v) is 2.18. The summed E-state index contributed by atoms with van der Waals surface area (Å²) in [5, 5.41) is 3.14. The first kappa shape index (κ1) is 12.1. The Hall–Kier alpha value is -1.35. The smallest absolute Gasteiger partial charge is 0.236 e. The highest BCUT2D eigenvalue weighted by Gasteiger charge is 2.15. The zero-order valence-electron chi connectivity index (χ0n) is 10.2. The van der Waals surface area contributed by atoms with Gasteiger partial charge in [-0.2, -0.15) is 0 Å². The van der Waals surface area contributed by atoms with Crippen molar-refractivity contribution in [3.8, 4) is 0 Å². The molecule has 1 N–H and O–H groups in total. The second-order valence-corrected chi connectivity index (χ2v) is 4.50. The summed E-state index contributed by atoms with van der Waals surface area (Å²) in [4.78, 5) is 13.7. The predicted molar refractivity (Wildman–Crippen MR) is 68.8 cm³/mol. The van der Waals surface area contributed by atoms with Crippen molar-refractivity contribution in [2.75, 3.05) is 26.2 Å². The molecule has 1 aliphatic heterocycles. The molecule has 0 aromatic heterocycles. The lowest BCUT2D eigenvalue weighted by atomic mass is 10.1. The van der Waals surface area contributed by atoms with Crippen LogP contribution in [0.2, 0.25) is 0 Å². The monoisotopic (exact) mass is 232 g/mol. The molecule has 1 heterocycles. The molecule has 1 aromatic carbocycles. The van der Waals surface area contributed by atoms with Gasteiger partial charge in [-0.15, -0.1) is 0 Å². The Kier molecular flexibility index (Phi) is 4.56. The van der Waals surface area contributed by atoms with E-state index in [1.54, 1.807) is 0 Å². The molecule has 3 heteroatoms. The Bertz CT molecular complexity index is 350. The summed E-state index contributed by atoms with van der Waals surface area (Å²) in [5.74, 6) is 0.246. The minimum absolute atomic E-state index is 0.246. The van der Waals surface area contributed by atoms with Crippen molar-refractivity contribution in [1.29, 1.82) is 0 Å². The van der Waals surface area contributed by atoms with Gasteiger partial charge in [0.05, 0.1) is 6.54 Å². The van der Waals surface area contributed by atoms with Crippen LogP contribution in [-0.2, 0) is 11.2 Å². The van der Waals surface area contributed by atoms with E-state index in [-0.39, 0.29) is 5.91 Å². The van der Waals surface area contributed by atoms with E-state index >= 15 is 0 Å². The highest BCUT2D eigenvalue weighted by Crippen LogP contribution is 2.05. The standard InChI is InChI=1S/C14H20N2O/c17-14-12-15-9-5-11-16(14)10-4-8-13-6-2-1-3-7-13/h1-3,6-7,15H,4-5,8-12H2. The number of hydrogen-bond acceptors (Lipinski definition) is 2. The molecule has 0 saturated carbocycles. The Morgan fingerprint density at radius 1 is 1.24 bits per heavy atom. The van der Waals surface area contributed by atoms with Crippen LogP contribution in [-0.4, -0.2) is 37.0 Å². The Morgan fingerprint density at radius 2 is 2.06 bits per heavy atom. The van der Waals surface area contributed by atoms with Crippen molar-refractivity contribution in [3.63, 3.8) is 0 Å². The molecule has 1 amide bonds. The number of nitrogens with one attached hydrogen (secondary N) is 1. The van der Waals surface area contributed by atoms with Crippen LogP contribution in [0.4, 0.5) is 0 Å². The van der Waals surface area contributed by atoms with Crippen LogP contribution in [0.1, 0.15) is 18.4 Å². The number of carbonyl (C=O) groups excluding carboxylic acids is 1. The molecule has 3 nitrogen and oxygen atoms in total. The predicted octanol–water partition coefficient (Wildman–Crippen LogP) is 1.44. The number of carbonyl (C=O) groups is 1. The molecular weight excluding hydrogens is 212 g/mol. The molecule has 1 aromatic rings. The van der Waals surface area contributed by atoms with Gasteiger partial charge in [0.15, 0.2) is 0 Å². The number of benzene rings is 1. The quantitative estimate of drug-likeness (QED) is 0.852. The van der Waals surface area contributed by atoms with Crippen LogP contribution in [0.3, 0.4) is 0 Å². The number of hydrogen-bond donors (Lipinski definition) is 1. The van der Waals surface area contributed by atoms with E-state index in [9.17, 15) is 4.79 Å². The molecule has 17 heavy (non-hydrogen) atoms. The molecular formula is C14H20N2O. The van der Waals surface area contributed by atoms with Gasteiger partial charge in [0.1, 0.15) is 0 Å². The third kappa shape index (κ3) is 3.86. The third-order valence-corrected chi connectivity index (χ3v) is 3.15. The zero-order valence-corrected chi connectivity index (χ0v) is 10.2. The first-order valence-corrected chi connectivity index (χ1v) is 6.39. The van der Waals surface area contributed by atoms with Crippen molar-refractivity contribution < 1.29 is 4.79 Å². The van der Waals surface area contributed by atoms with Gasteiger partial charge in [-0.3, -0.25) is 4.79 Å². The summed E-state index contributed by atoms with van der Waals surface area (Å²) in [6.45, 7) is 3.25. The van der Waals surface area contributed by atoms with E-state index in [1.807, 2.05) is 11.0 Å². The van der Waals surface area contributed by atoms with Crippen LogP contribution < -0.4 is 5.32 Å². The van der Waals surface area contributed by atoms with Crippen LogP contribution in [0.15, 0.2) is 30.3 Å². The number of rotatable bonds is 4. The average Bonchev–Trinajstić information content (AvgIpc) is 2.56. The van der Waals surface area contributed by atoms with Crippen molar-refractivity contribution in [2.24, 2.45) is 0 Å². The lowest BCUT2D eigenvalue weighted by Crippen LogP contribution is -2.35. The maximum atomic E-state index is 11.7. The zero-order chi connectivity index (χ0) is 11.9. The number of amides is 1. The first-order chi connectivity index (χ1) is 8.36. The topological polar surface area (TPSA) is 32.3 Å². The Labute approximate surface area is 103 Å². The molecule has 0 bridgehead atoms. The van der Waals surface area contributed by atoms with E-state index in [0.29, 0.717) is 6.54 Å². The van der Waals surface area contributed by atoms with Crippen LogP contribution in [0.25, 0.3) is 0 Å². The van der Waals surface area contributed by atoms with Gasteiger partial charge in [0.2, 0.25) is 5.91 Å². The van der Waals surface area contributed by atoms with Gasteiger partial charge in [0, 0.05) is 13.1 Å². The number of aryl methyl sites for hydroxylation is 1. The second-order valence-electron chi connectivity index (χ2n) is 4.50. The van der Waals surface area contributed by atoms with E-state index in [4.69, 9.17) is 0 Å². The van der Waals surface area contributed by atoms with E-state index in [2.05, 4.69) is 29.6 Å².